The fourth-order valence-corrected chi connectivity index (χ4v) is 2.04. The molecule has 2 aromatic rings. The molecule has 1 heteroatoms. The first-order valence-corrected chi connectivity index (χ1v) is 6.45. The van der Waals surface area contributed by atoms with Crippen LogP contribution in [0.1, 0.15) is 25.0 Å². The van der Waals surface area contributed by atoms with Gasteiger partial charge >= 0.3 is 0 Å². The van der Waals surface area contributed by atoms with E-state index in [0.717, 1.165) is 4.53 Å². The molecule has 1 heterocycles. The van der Waals surface area contributed by atoms with Gasteiger partial charge in [0.15, 0.2) is 0 Å². The normalized spacial score (nSPS) is 10.8. The second kappa shape index (κ2) is 6.29. The molecular weight excluding hydrogens is 212 g/mol. The Labute approximate surface area is 102 Å². The molecule has 0 saturated heterocycles. The number of rotatable bonds is 1. The summed E-state index contributed by atoms with van der Waals surface area (Å²) < 4.78 is 1.13. The summed E-state index contributed by atoms with van der Waals surface area (Å²) in [6, 6.07) is 10.5. The summed E-state index contributed by atoms with van der Waals surface area (Å²) in [6.45, 7) is 10.1. The molecule has 84 valence electrons. The third-order valence-corrected chi connectivity index (χ3v) is 3.07. The van der Waals surface area contributed by atoms with Gasteiger partial charge in [-0.25, -0.2) is 0 Å². The van der Waals surface area contributed by atoms with Crippen molar-refractivity contribution in [1.29, 1.82) is 0 Å². The molecule has 0 aliphatic carbocycles. The minimum absolute atomic E-state index is 1.13. The molecule has 1 aromatic carbocycles. The maximum absolute atomic E-state index is 3.99. The van der Waals surface area contributed by atoms with E-state index in [2.05, 4.69) is 55.3 Å². The van der Waals surface area contributed by atoms with Crippen LogP contribution in [0.4, 0.5) is 0 Å². The van der Waals surface area contributed by atoms with Crippen LogP contribution in [-0.2, 0) is 0 Å². The van der Waals surface area contributed by atoms with Gasteiger partial charge in [-0.15, -0.1) is 11.3 Å². The van der Waals surface area contributed by atoms with Gasteiger partial charge in [-0.3, -0.25) is 0 Å². The number of benzene rings is 1. The van der Waals surface area contributed by atoms with E-state index in [1.54, 1.807) is 11.3 Å². The minimum Gasteiger partial charge on any atom is -0.144 e. The van der Waals surface area contributed by atoms with Crippen LogP contribution in [-0.4, -0.2) is 0 Å². The van der Waals surface area contributed by atoms with Crippen LogP contribution in [0, 0.1) is 6.92 Å². The Morgan fingerprint density at radius 1 is 1.12 bits per heavy atom. The van der Waals surface area contributed by atoms with Crippen molar-refractivity contribution >= 4 is 24.0 Å². The maximum Gasteiger partial charge on any atom is 0.0271 e. The third-order valence-electron chi connectivity index (χ3n) is 2.28. The van der Waals surface area contributed by atoms with Crippen molar-refractivity contribution in [1.82, 2.24) is 0 Å². The molecule has 1 aromatic heterocycles. The van der Waals surface area contributed by atoms with E-state index in [0.29, 0.717) is 0 Å². The van der Waals surface area contributed by atoms with Crippen LogP contribution in [0.15, 0.2) is 35.7 Å². The van der Waals surface area contributed by atoms with Crippen LogP contribution in [0.2, 0.25) is 0 Å². The number of aryl methyl sites for hydroxylation is 1. The van der Waals surface area contributed by atoms with Crippen molar-refractivity contribution < 1.29 is 0 Å². The first-order chi connectivity index (χ1) is 7.77. The van der Waals surface area contributed by atoms with E-state index in [-0.39, 0.29) is 0 Å². The summed E-state index contributed by atoms with van der Waals surface area (Å²) >= 11 is 1.69. The average Bonchev–Trinajstić information content (AvgIpc) is 2.71. The smallest absolute Gasteiger partial charge is 0.0271 e. The Kier molecular flexibility index (Phi) is 5.00. The van der Waals surface area contributed by atoms with E-state index in [4.69, 9.17) is 0 Å². The number of hydrogen-bond acceptors (Lipinski definition) is 1. The highest BCUT2D eigenvalue weighted by molar-refractivity contribution is 7.07. The summed E-state index contributed by atoms with van der Waals surface area (Å²) in [6.07, 6.45) is 2.19. The van der Waals surface area contributed by atoms with Crippen molar-refractivity contribution in [3.05, 3.63) is 56.6 Å². The lowest BCUT2D eigenvalue weighted by atomic mass is 10.1. The quantitative estimate of drug-likeness (QED) is 0.705. The molecule has 0 spiro atoms. The Morgan fingerprint density at radius 3 is 2.38 bits per heavy atom. The number of hydrogen-bond donors (Lipinski definition) is 0. The molecule has 0 aliphatic rings. The van der Waals surface area contributed by atoms with E-state index in [1.807, 2.05) is 13.8 Å². The summed E-state index contributed by atoms with van der Waals surface area (Å²) in [4.78, 5) is 0. The SMILES string of the molecule is C=c1scc/c1=C/c1ccccc1C.CC. The Balaban J connectivity index is 0.000000606. The predicted octanol–water partition coefficient (Wildman–Crippen LogP) is 3.32. The highest BCUT2D eigenvalue weighted by atomic mass is 32.1. The third kappa shape index (κ3) is 3.07. The van der Waals surface area contributed by atoms with E-state index in [9.17, 15) is 0 Å². The van der Waals surface area contributed by atoms with Crippen molar-refractivity contribution in [2.75, 3.05) is 0 Å². The van der Waals surface area contributed by atoms with Gasteiger partial charge in [-0.1, -0.05) is 44.7 Å². The lowest BCUT2D eigenvalue weighted by molar-refractivity contribution is 1.44. The van der Waals surface area contributed by atoms with Crippen molar-refractivity contribution in [2.45, 2.75) is 20.8 Å². The Hall–Kier alpha value is -1.34. The summed E-state index contributed by atoms with van der Waals surface area (Å²) in [5.41, 5.74) is 2.58. The summed E-state index contributed by atoms with van der Waals surface area (Å²) in [5, 5.41) is 3.30. The molecule has 0 bridgehead atoms. The second-order valence-corrected chi connectivity index (χ2v) is 4.30. The van der Waals surface area contributed by atoms with Crippen LogP contribution in [0.3, 0.4) is 0 Å². The van der Waals surface area contributed by atoms with E-state index in [1.165, 1.54) is 16.3 Å². The standard InChI is InChI=1S/C13H12S.C2H6/c1-10-5-3-4-6-12(10)9-13-7-8-14-11(13)2;1-2/h3-9H,2H2,1H3;1-2H3/b13-9-;. The first kappa shape index (κ1) is 12.7. The van der Waals surface area contributed by atoms with Crippen molar-refractivity contribution in [3.8, 4) is 0 Å². The zero-order chi connectivity index (χ0) is 12.0. The molecule has 0 amide bonds. The fraction of sp³-hybridized carbons (Fsp3) is 0.200. The van der Waals surface area contributed by atoms with Crippen LogP contribution in [0.25, 0.3) is 12.7 Å². The van der Waals surface area contributed by atoms with Crippen LogP contribution in [0.5, 0.6) is 0 Å². The lowest BCUT2D eigenvalue weighted by Crippen LogP contribution is -2.15. The monoisotopic (exact) mass is 230 g/mol. The maximum atomic E-state index is 3.99. The topological polar surface area (TPSA) is 0 Å². The molecule has 0 atom stereocenters. The molecule has 0 nitrogen and oxygen atoms in total. The molecule has 0 fully saturated rings. The molecule has 0 N–H and O–H groups in total. The van der Waals surface area contributed by atoms with Gasteiger partial charge < -0.3 is 0 Å². The van der Waals surface area contributed by atoms with Gasteiger partial charge in [0.1, 0.15) is 0 Å². The van der Waals surface area contributed by atoms with Gasteiger partial charge in [0.2, 0.25) is 0 Å². The molecule has 2 rings (SSSR count). The molecule has 0 unspecified atom stereocenters. The van der Waals surface area contributed by atoms with E-state index >= 15 is 0 Å². The molecule has 0 radical (unpaired) electrons. The second-order valence-electron chi connectivity index (χ2n) is 3.30. The van der Waals surface area contributed by atoms with E-state index < -0.39 is 0 Å². The summed E-state index contributed by atoms with van der Waals surface area (Å²) in [5.74, 6) is 0. The lowest BCUT2D eigenvalue weighted by Gasteiger charge is -1.96. The highest BCUT2D eigenvalue weighted by Crippen LogP contribution is 2.06. The zero-order valence-corrected chi connectivity index (χ0v) is 11.0. The van der Waals surface area contributed by atoms with Crippen molar-refractivity contribution in [2.24, 2.45) is 0 Å². The van der Waals surface area contributed by atoms with Gasteiger partial charge in [0, 0.05) is 4.53 Å². The van der Waals surface area contributed by atoms with Crippen LogP contribution < -0.4 is 9.75 Å². The van der Waals surface area contributed by atoms with Gasteiger partial charge in [0.25, 0.3) is 0 Å². The minimum atomic E-state index is 1.13. The predicted molar refractivity (Wildman–Crippen MR) is 75.2 cm³/mol. The average molecular weight is 230 g/mol. The zero-order valence-electron chi connectivity index (χ0n) is 10.2. The van der Waals surface area contributed by atoms with Gasteiger partial charge in [0.05, 0.1) is 0 Å². The Morgan fingerprint density at radius 2 is 1.81 bits per heavy atom. The van der Waals surface area contributed by atoms with Gasteiger partial charge in [-0.05, 0) is 40.8 Å². The fourth-order valence-electron chi connectivity index (χ4n) is 1.40. The van der Waals surface area contributed by atoms with Crippen molar-refractivity contribution in [3.63, 3.8) is 0 Å². The Bertz CT molecular complexity index is 535. The molecule has 0 saturated carbocycles. The first-order valence-electron chi connectivity index (χ1n) is 5.57. The van der Waals surface area contributed by atoms with Crippen LogP contribution >= 0.6 is 11.3 Å². The largest absolute Gasteiger partial charge is 0.144 e. The van der Waals surface area contributed by atoms with Gasteiger partial charge in [-0.2, -0.15) is 0 Å². The summed E-state index contributed by atoms with van der Waals surface area (Å²) in [7, 11) is 0. The molecular formula is C15H18S. The molecule has 16 heavy (non-hydrogen) atoms. The highest BCUT2D eigenvalue weighted by Gasteiger charge is 1.92. The molecule has 0 aliphatic heterocycles. The number of thiophene rings is 1.